The van der Waals surface area contributed by atoms with Gasteiger partial charge < -0.3 is 15.9 Å². The monoisotopic (exact) mass is 199 g/mol. The first-order valence-electron chi connectivity index (χ1n) is 3.91. The summed E-state index contributed by atoms with van der Waals surface area (Å²) in [7, 11) is 0. The third-order valence-electron chi connectivity index (χ3n) is 1.94. The summed E-state index contributed by atoms with van der Waals surface area (Å²) in [5.74, 6) is -2.60. The molecule has 0 aliphatic rings. The van der Waals surface area contributed by atoms with Crippen LogP contribution in [0.3, 0.4) is 0 Å². The van der Waals surface area contributed by atoms with E-state index in [1.807, 2.05) is 0 Å². The van der Waals surface area contributed by atoms with Gasteiger partial charge in [0, 0.05) is 0 Å². The number of aryl methyl sites for hydroxylation is 1. The molecule has 1 aromatic carbocycles. The number of phenolic OH excluding ortho intramolecular Hbond substituents is 1. The molecule has 0 aromatic heterocycles. The van der Waals surface area contributed by atoms with Gasteiger partial charge in [-0.05, 0) is 18.6 Å². The van der Waals surface area contributed by atoms with Crippen LogP contribution in [0.4, 0.5) is 4.39 Å². The van der Waals surface area contributed by atoms with Crippen molar-refractivity contribution in [1.82, 2.24) is 0 Å². The van der Waals surface area contributed by atoms with Gasteiger partial charge in [0.15, 0.2) is 0 Å². The van der Waals surface area contributed by atoms with Crippen molar-refractivity contribution >= 4 is 5.97 Å². The van der Waals surface area contributed by atoms with Crippen molar-refractivity contribution in [2.75, 3.05) is 0 Å². The SMILES string of the molecule is Cc1ccc(F)c([C@@H](N)C(=O)O)c1O. The van der Waals surface area contributed by atoms with Crippen LogP contribution >= 0.6 is 0 Å². The second-order valence-corrected chi connectivity index (χ2v) is 2.94. The van der Waals surface area contributed by atoms with Crippen LogP contribution in [0.15, 0.2) is 12.1 Å². The molecule has 0 fully saturated rings. The molecular weight excluding hydrogens is 189 g/mol. The normalized spacial score (nSPS) is 12.5. The van der Waals surface area contributed by atoms with Gasteiger partial charge >= 0.3 is 5.97 Å². The molecular formula is C9H10FNO3. The van der Waals surface area contributed by atoms with E-state index in [9.17, 15) is 14.3 Å². The number of hydrogen-bond acceptors (Lipinski definition) is 3. The van der Waals surface area contributed by atoms with Gasteiger partial charge in [-0.3, -0.25) is 4.79 Å². The third kappa shape index (κ3) is 1.67. The quantitative estimate of drug-likeness (QED) is 0.661. The van der Waals surface area contributed by atoms with Gasteiger partial charge in [0.25, 0.3) is 0 Å². The van der Waals surface area contributed by atoms with Crippen LogP contribution in [0, 0.1) is 12.7 Å². The van der Waals surface area contributed by atoms with Crippen molar-refractivity contribution in [2.45, 2.75) is 13.0 Å². The Morgan fingerprint density at radius 1 is 1.57 bits per heavy atom. The highest BCUT2D eigenvalue weighted by Gasteiger charge is 2.23. The largest absolute Gasteiger partial charge is 0.507 e. The number of hydrogen-bond donors (Lipinski definition) is 3. The number of aliphatic carboxylic acids is 1. The Bertz CT molecular complexity index is 379. The van der Waals surface area contributed by atoms with E-state index in [2.05, 4.69) is 0 Å². The van der Waals surface area contributed by atoms with Crippen molar-refractivity contribution in [3.05, 3.63) is 29.1 Å². The zero-order valence-corrected chi connectivity index (χ0v) is 7.49. The molecule has 0 heterocycles. The lowest BCUT2D eigenvalue weighted by atomic mass is 10.0. The second kappa shape index (κ2) is 3.63. The molecule has 14 heavy (non-hydrogen) atoms. The van der Waals surface area contributed by atoms with Gasteiger partial charge in [-0.1, -0.05) is 6.07 Å². The minimum atomic E-state index is -1.55. The summed E-state index contributed by atoms with van der Waals surface area (Å²) in [6.45, 7) is 1.53. The van der Waals surface area contributed by atoms with Crippen molar-refractivity contribution < 1.29 is 19.4 Å². The van der Waals surface area contributed by atoms with E-state index < -0.39 is 23.6 Å². The molecule has 0 saturated carbocycles. The Hall–Kier alpha value is -1.62. The molecule has 0 bridgehead atoms. The minimum Gasteiger partial charge on any atom is -0.507 e. The van der Waals surface area contributed by atoms with Gasteiger partial charge in [-0.2, -0.15) is 0 Å². The van der Waals surface area contributed by atoms with E-state index >= 15 is 0 Å². The van der Waals surface area contributed by atoms with Gasteiger partial charge in [-0.25, -0.2) is 4.39 Å². The number of aromatic hydroxyl groups is 1. The fourth-order valence-corrected chi connectivity index (χ4v) is 1.11. The third-order valence-corrected chi connectivity index (χ3v) is 1.94. The second-order valence-electron chi connectivity index (χ2n) is 2.94. The molecule has 1 aromatic rings. The first kappa shape index (κ1) is 10.5. The highest BCUT2D eigenvalue weighted by molar-refractivity contribution is 5.76. The molecule has 0 unspecified atom stereocenters. The number of rotatable bonds is 2. The first-order chi connectivity index (χ1) is 6.45. The lowest BCUT2D eigenvalue weighted by Crippen LogP contribution is -2.22. The fourth-order valence-electron chi connectivity index (χ4n) is 1.11. The van der Waals surface area contributed by atoms with Crippen LogP contribution in [0.5, 0.6) is 5.75 Å². The maximum Gasteiger partial charge on any atom is 0.325 e. The number of carboxylic acid groups (broad SMARTS) is 1. The Morgan fingerprint density at radius 2 is 2.14 bits per heavy atom. The van der Waals surface area contributed by atoms with E-state index in [-0.39, 0.29) is 5.56 Å². The average molecular weight is 199 g/mol. The number of benzene rings is 1. The van der Waals surface area contributed by atoms with Crippen molar-refractivity contribution in [3.63, 3.8) is 0 Å². The van der Waals surface area contributed by atoms with Crippen LogP contribution in [0.25, 0.3) is 0 Å². The molecule has 0 aliphatic carbocycles. The van der Waals surface area contributed by atoms with Crippen LogP contribution in [-0.2, 0) is 4.79 Å². The molecule has 0 amide bonds. The van der Waals surface area contributed by atoms with Crippen molar-refractivity contribution in [2.24, 2.45) is 5.73 Å². The Labute approximate surface area is 79.8 Å². The number of carbonyl (C=O) groups is 1. The summed E-state index contributed by atoms with van der Waals surface area (Å²) < 4.78 is 13.1. The summed E-state index contributed by atoms with van der Waals surface area (Å²) in [4.78, 5) is 10.5. The van der Waals surface area contributed by atoms with Gasteiger partial charge in [0.1, 0.15) is 17.6 Å². The fraction of sp³-hybridized carbons (Fsp3) is 0.222. The lowest BCUT2D eigenvalue weighted by molar-refractivity contribution is -0.138. The highest BCUT2D eigenvalue weighted by atomic mass is 19.1. The summed E-state index contributed by atoms with van der Waals surface area (Å²) >= 11 is 0. The molecule has 0 aliphatic heterocycles. The Kier molecular flexibility index (Phi) is 2.71. The molecule has 4 nitrogen and oxygen atoms in total. The van der Waals surface area contributed by atoms with Crippen LogP contribution < -0.4 is 5.73 Å². The maximum absolute atomic E-state index is 13.1. The van der Waals surface area contributed by atoms with Gasteiger partial charge in [-0.15, -0.1) is 0 Å². The molecule has 1 rings (SSSR count). The molecule has 76 valence electrons. The molecule has 0 saturated heterocycles. The van der Waals surface area contributed by atoms with Crippen LogP contribution in [-0.4, -0.2) is 16.2 Å². The predicted molar refractivity (Wildman–Crippen MR) is 47.4 cm³/mol. The van der Waals surface area contributed by atoms with Crippen LogP contribution in [0.2, 0.25) is 0 Å². The molecule has 4 N–H and O–H groups in total. The zero-order valence-electron chi connectivity index (χ0n) is 7.49. The minimum absolute atomic E-state index is 0.377. The van der Waals surface area contributed by atoms with Gasteiger partial charge in [0.2, 0.25) is 0 Å². The molecule has 5 heteroatoms. The predicted octanol–water partition coefficient (Wildman–Crippen LogP) is 0.924. The summed E-state index contributed by atoms with van der Waals surface area (Å²) in [5, 5.41) is 18.0. The smallest absolute Gasteiger partial charge is 0.325 e. The molecule has 0 spiro atoms. The Morgan fingerprint density at radius 3 is 2.64 bits per heavy atom. The van der Waals surface area contributed by atoms with Gasteiger partial charge in [0.05, 0.1) is 5.56 Å². The number of halogens is 1. The number of nitrogens with two attached hydrogens (primary N) is 1. The van der Waals surface area contributed by atoms with E-state index in [0.29, 0.717) is 5.56 Å². The zero-order chi connectivity index (χ0) is 10.9. The maximum atomic E-state index is 13.1. The lowest BCUT2D eigenvalue weighted by Gasteiger charge is -2.11. The summed E-state index contributed by atoms with van der Waals surface area (Å²) in [6.07, 6.45) is 0. The van der Waals surface area contributed by atoms with E-state index in [4.69, 9.17) is 10.8 Å². The summed E-state index contributed by atoms with van der Waals surface area (Å²) in [5.41, 5.74) is 5.22. The summed E-state index contributed by atoms with van der Waals surface area (Å²) in [6, 6.07) is 0.880. The van der Waals surface area contributed by atoms with Crippen molar-refractivity contribution in [3.8, 4) is 5.75 Å². The number of carboxylic acids is 1. The average Bonchev–Trinajstić information content (AvgIpc) is 2.12. The molecule has 0 radical (unpaired) electrons. The van der Waals surface area contributed by atoms with E-state index in [1.165, 1.54) is 13.0 Å². The van der Waals surface area contributed by atoms with E-state index in [0.717, 1.165) is 6.07 Å². The van der Waals surface area contributed by atoms with E-state index in [1.54, 1.807) is 0 Å². The van der Waals surface area contributed by atoms with Crippen molar-refractivity contribution in [1.29, 1.82) is 0 Å². The Balaban J connectivity index is 3.32. The highest BCUT2D eigenvalue weighted by Crippen LogP contribution is 2.29. The molecule has 1 atom stereocenters. The van der Waals surface area contributed by atoms with Crippen LogP contribution in [0.1, 0.15) is 17.2 Å². The number of phenols is 1. The topological polar surface area (TPSA) is 83.6 Å². The first-order valence-corrected chi connectivity index (χ1v) is 3.91. The standard InChI is InChI=1S/C9H10FNO3/c1-4-2-3-5(10)6(8(4)12)7(11)9(13)14/h2-3,7,12H,11H2,1H3,(H,13,14)/t7-/m1/s1.